The summed E-state index contributed by atoms with van der Waals surface area (Å²) >= 11 is 0. The number of hydrogen-bond acceptors (Lipinski definition) is 1. The lowest BCUT2D eigenvalue weighted by Gasteiger charge is -2.37. The molecule has 0 amide bonds. The summed E-state index contributed by atoms with van der Waals surface area (Å²) in [5.74, 6) is 0. The van der Waals surface area contributed by atoms with Gasteiger partial charge in [0.05, 0.1) is 13.2 Å². The number of rotatable bonds is 1. The molecule has 0 radical (unpaired) electrons. The van der Waals surface area contributed by atoms with Crippen molar-refractivity contribution >= 4 is 0 Å². The summed E-state index contributed by atoms with van der Waals surface area (Å²) in [7, 11) is 0. The average Bonchev–Trinajstić information content (AvgIpc) is 2.33. The fourth-order valence-corrected chi connectivity index (χ4v) is 1.27. The molecule has 2 heterocycles. The first-order valence-electron chi connectivity index (χ1n) is 3.52. The zero-order chi connectivity index (χ0) is 7.03. The predicted octanol–water partition coefficient (Wildman–Crippen LogP) is 1.30. The van der Waals surface area contributed by atoms with Gasteiger partial charge >= 0.3 is 0 Å². The molecule has 54 valence electrons. The van der Waals surface area contributed by atoms with Gasteiger partial charge in [0.2, 0.25) is 0 Å². The second-order valence-electron chi connectivity index (χ2n) is 3.15. The molecule has 0 unspecified atom stereocenters. The van der Waals surface area contributed by atoms with Crippen molar-refractivity contribution in [3.05, 3.63) is 24.0 Å². The molecule has 2 rings (SSSR count). The summed E-state index contributed by atoms with van der Waals surface area (Å²) in [6.45, 7) is 3.95. The fraction of sp³-hybridized carbons (Fsp3) is 0.500. The third-order valence-corrected chi connectivity index (χ3v) is 2.14. The van der Waals surface area contributed by atoms with Crippen molar-refractivity contribution < 1.29 is 4.74 Å². The molecule has 1 aliphatic heterocycles. The molecule has 2 heteroatoms. The van der Waals surface area contributed by atoms with E-state index < -0.39 is 0 Å². The first-order chi connectivity index (χ1) is 4.81. The fourth-order valence-electron chi connectivity index (χ4n) is 1.27. The maximum atomic E-state index is 5.15. The Morgan fingerprint density at radius 3 is 2.80 bits per heavy atom. The lowest BCUT2D eigenvalue weighted by Crippen LogP contribution is -2.43. The number of aromatic nitrogens is 1. The number of hydrogen-bond donors (Lipinski definition) is 1. The summed E-state index contributed by atoms with van der Waals surface area (Å²) in [6, 6.07) is 2.11. The molecule has 1 aromatic rings. The summed E-state index contributed by atoms with van der Waals surface area (Å²) in [4.78, 5) is 3.05. The normalized spacial score (nSPS) is 22.1. The van der Waals surface area contributed by atoms with Gasteiger partial charge in [0.15, 0.2) is 0 Å². The van der Waals surface area contributed by atoms with E-state index in [1.807, 2.05) is 12.4 Å². The van der Waals surface area contributed by atoms with Crippen molar-refractivity contribution in [3.63, 3.8) is 0 Å². The highest BCUT2D eigenvalue weighted by molar-refractivity contribution is 5.23. The molecule has 1 saturated heterocycles. The lowest BCUT2D eigenvalue weighted by molar-refractivity contribution is -0.0499. The lowest BCUT2D eigenvalue weighted by atomic mass is 9.82. The van der Waals surface area contributed by atoms with E-state index in [2.05, 4.69) is 18.0 Å². The van der Waals surface area contributed by atoms with Gasteiger partial charge < -0.3 is 9.72 Å². The van der Waals surface area contributed by atoms with Gasteiger partial charge in [-0.1, -0.05) is 6.92 Å². The minimum Gasteiger partial charge on any atom is -0.379 e. The van der Waals surface area contributed by atoms with Crippen LogP contribution in [0.5, 0.6) is 0 Å². The molecule has 0 atom stereocenters. The van der Waals surface area contributed by atoms with Crippen molar-refractivity contribution in [1.82, 2.24) is 4.98 Å². The van der Waals surface area contributed by atoms with E-state index >= 15 is 0 Å². The zero-order valence-electron chi connectivity index (χ0n) is 6.05. The van der Waals surface area contributed by atoms with E-state index in [1.165, 1.54) is 5.56 Å². The molecule has 0 saturated carbocycles. The van der Waals surface area contributed by atoms with Crippen molar-refractivity contribution in [1.29, 1.82) is 0 Å². The molecule has 0 aliphatic carbocycles. The van der Waals surface area contributed by atoms with Crippen LogP contribution >= 0.6 is 0 Å². The number of aromatic amines is 1. The van der Waals surface area contributed by atoms with Crippen molar-refractivity contribution in [2.45, 2.75) is 12.3 Å². The largest absolute Gasteiger partial charge is 0.379 e. The second-order valence-corrected chi connectivity index (χ2v) is 3.15. The molecule has 1 aromatic heterocycles. The van der Waals surface area contributed by atoms with Gasteiger partial charge in [-0.05, 0) is 11.6 Å². The summed E-state index contributed by atoms with van der Waals surface area (Å²) in [5.41, 5.74) is 1.65. The van der Waals surface area contributed by atoms with Crippen LogP contribution in [0.25, 0.3) is 0 Å². The summed E-state index contributed by atoms with van der Waals surface area (Å²) < 4.78 is 5.15. The molecule has 2 nitrogen and oxygen atoms in total. The van der Waals surface area contributed by atoms with Crippen LogP contribution in [0.3, 0.4) is 0 Å². The highest BCUT2D eigenvalue weighted by atomic mass is 16.5. The molecule has 1 fully saturated rings. The Morgan fingerprint density at radius 1 is 1.60 bits per heavy atom. The monoisotopic (exact) mass is 137 g/mol. The smallest absolute Gasteiger partial charge is 0.0583 e. The molecular formula is C8H11NO. The minimum absolute atomic E-state index is 0.292. The van der Waals surface area contributed by atoms with E-state index in [1.54, 1.807) is 0 Å². The third kappa shape index (κ3) is 0.688. The quantitative estimate of drug-likeness (QED) is 0.620. The van der Waals surface area contributed by atoms with Gasteiger partial charge in [0.1, 0.15) is 0 Å². The van der Waals surface area contributed by atoms with Gasteiger partial charge in [0.25, 0.3) is 0 Å². The van der Waals surface area contributed by atoms with E-state index in [-0.39, 0.29) is 0 Å². The van der Waals surface area contributed by atoms with Crippen LogP contribution in [-0.4, -0.2) is 18.2 Å². The highest BCUT2D eigenvalue weighted by Crippen LogP contribution is 2.30. The number of H-pyrrole nitrogens is 1. The van der Waals surface area contributed by atoms with Gasteiger partial charge in [0, 0.05) is 17.8 Å². The van der Waals surface area contributed by atoms with E-state index in [9.17, 15) is 0 Å². The van der Waals surface area contributed by atoms with E-state index in [0.29, 0.717) is 5.41 Å². The molecule has 1 N–H and O–H groups in total. The van der Waals surface area contributed by atoms with Gasteiger partial charge in [-0.3, -0.25) is 0 Å². The Morgan fingerprint density at radius 2 is 2.40 bits per heavy atom. The molecule has 0 aromatic carbocycles. The zero-order valence-corrected chi connectivity index (χ0v) is 6.05. The Labute approximate surface area is 60.2 Å². The Kier molecular flexibility index (Phi) is 1.11. The number of nitrogens with one attached hydrogen (secondary N) is 1. The van der Waals surface area contributed by atoms with Crippen LogP contribution in [0.2, 0.25) is 0 Å². The van der Waals surface area contributed by atoms with Crippen molar-refractivity contribution in [3.8, 4) is 0 Å². The van der Waals surface area contributed by atoms with Crippen LogP contribution in [0.15, 0.2) is 18.5 Å². The average molecular weight is 137 g/mol. The Balaban J connectivity index is 2.27. The van der Waals surface area contributed by atoms with Crippen LogP contribution in [0.1, 0.15) is 12.5 Å². The van der Waals surface area contributed by atoms with E-state index in [0.717, 1.165) is 13.2 Å². The van der Waals surface area contributed by atoms with Crippen LogP contribution in [0.4, 0.5) is 0 Å². The number of ether oxygens (including phenoxy) is 1. The van der Waals surface area contributed by atoms with Crippen LogP contribution in [-0.2, 0) is 10.2 Å². The highest BCUT2D eigenvalue weighted by Gasteiger charge is 2.35. The minimum atomic E-state index is 0.292. The first kappa shape index (κ1) is 5.98. The molecule has 0 spiro atoms. The standard InChI is InChI=1S/C8H11NO/c1-8(5-10-6-8)7-2-3-9-4-7/h2-4,9H,5-6H2,1H3. The SMILES string of the molecule is CC1(c2cc[nH]c2)COC1. The molecule has 10 heavy (non-hydrogen) atoms. The Bertz CT molecular complexity index is 211. The summed E-state index contributed by atoms with van der Waals surface area (Å²) in [6.07, 6.45) is 4.00. The summed E-state index contributed by atoms with van der Waals surface area (Å²) in [5, 5.41) is 0. The predicted molar refractivity (Wildman–Crippen MR) is 39.0 cm³/mol. The maximum absolute atomic E-state index is 5.15. The molecular weight excluding hydrogens is 126 g/mol. The second kappa shape index (κ2) is 1.86. The van der Waals surface area contributed by atoms with Gasteiger partial charge in [-0.25, -0.2) is 0 Å². The van der Waals surface area contributed by atoms with Gasteiger partial charge in [-0.15, -0.1) is 0 Å². The van der Waals surface area contributed by atoms with E-state index in [4.69, 9.17) is 4.74 Å². The Hall–Kier alpha value is -0.760. The van der Waals surface area contributed by atoms with Crippen LogP contribution < -0.4 is 0 Å². The molecule has 0 bridgehead atoms. The third-order valence-electron chi connectivity index (χ3n) is 2.14. The molecule has 1 aliphatic rings. The topological polar surface area (TPSA) is 25.0 Å². The first-order valence-corrected chi connectivity index (χ1v) is 3.52. The van der Waals surface area contributed by atoms with Gasteiger partial charge in [-0.2, -0.15) is 0 Å². The van der Waals surface area contributed by atoms with Crippen LogP contribution in [0, 0.1) is 0 Å². The van der Waals surface area contributed by atoms with Crippen molar-refractivity contribution in [2.24, 2.45) is 0 Å². The van der Waals surface area contributed by atoms with Crippen molar-refractivity contribution in [2.75, 3.05) is 13.2 Å². The maximum Gasteiger partial charge on any atom is 0.0583 e.